The number of carboxylic acids is 1. The van der Waals surface area contributed by atoms with E-state index in [0.717, 1.165) is 5.56 Å². The minimum absolute atomic E-state index is 0.399. The van der Waals surface area contributed by atoms with Gasteiger partial charge in [-0.2, -0.15) is 0 Å². The van der Waals surface area contributed by atoms with Crippen LogP contribution in [0.3, 0.4) is 0 Å². The SMILES string of the molecule is CC(C)CNC1(C(=O)O)CCOc2ccccc21. The molecule has 1 aromatic carbocycles. The lowest BCUT2D eigenvalue weighted by Crippen LogP contribution is -2.53. The summed E-state index contributed by atoms with van der Waals surface area (Å²) in [5, 5.41) is 12.8. The number of carbonyl (C=O) groups is 1. The Bertz CT molecular complexity index is 444. The van der Waals surface area contributed by atoms with Gasteiger partial charge in [0.15, 0.2) is 0 Å². The van der Waals surface area contributed by atoms with Crippen molar-refractivity contribution in [3.05, 3.63) is 29.8 Å². The molecule has 98 valence electrons. The van der Waals surface area contributed by atoms with Gasteiger partial charge in [0.1, 0.15) is 11.3 Å². The van der Waals surface area contributed by atoms with Gasteiger partial charge in [0.2, 0.25) is 0 Å². The molecule has 1 aliphatic rings. The van der Waals surface area contributed by atoms with Crippen molar-refractivity contribution < 1.29 is 14.6 Å². The molecule has 0 saturated heterocycles. The van der Waals surface area contributed by atoms with Crippen LogP contribution in [0.5, 0.6) is 5.75 Å². The van der Waals surface area contributed by atoms with Crippen LogP contribution in [-0.2, 0) is 10.3 Å². The molecular formula is C14H19NO3. The normalized spacial score (nSPS) is 22.4. The fraction of sp³-hybridized carbons (Fsp3) is 0.500. The standard InChI is InChI=1S/C14H19NO3/c1-10(2)9-15-14(13(16)17)7-8-18-12-6-4-3-5-11(12)14/h3-6,10,15H,7-9H2,1-2H3,(H,16,17). The molecule has 1 aliphatic heterocycles. The van der Waals surface area contributed by atoms with Crippen molar-refractivity contribution in [1.29, 1.82) is 0 Å². The zero-order valence-corrected chi connectivity index (χ0v) is 10.8. The van der Waals surface area contributed by atoms with Crippen molar-refractivity contribution in [2.24, 2.45) is 5.92 Å². The summed E-state index contributed by atoms with van der Waals surface area (Å²) in [5.41, 5.74) is -0.288. The first-order chi connectivity index (χ1) is 8.56. The van der Waals surface area contributed by atoms with Crippen LogP contribution in [0.15, 0.2) is 24.3 Å². The quantitative estimate of drug-likeness (QED) is 0.856. The summed E-state index contributed by atoms with van der Waals surface area (Å²) >= 11 is 0. The highest BCUT2D eigenvalue weighted by Gasteiger charge is 2.44. The summed E-state index contributed by atoms with van der Waals surface area (Å²) in [5.74, 6) is 0.234. The summed E-state index contributed by atoms with van der Waals surface area (Å²) in [6, 6.07) is 7.36. The second-order valence-electron chi connectivity index (χ2n) is 5.08. The maximum Gasteiger partial charge on any atom is 0.328 e. The van der Waals surface area contributed by atoms with Crippen LogP contribution in [0.1, 0.15) is 25.8 Å². The third kappa shape index (κ3) is 2.20. The lowest BCUT2D eigenvalue weighted by Gasteiger charge is -2.36. The second-order valence-corrected chi connectivity index (χ2v) is 5.08. The molecule has 0 aromatic heterocycles. The van der Waals surface area contributed by atoms with Gasteiger partial charge in [-0.15, -0.1) is 0 Å². The van der Waals surface area contributed by atoms with Crippen molar-refractivity contribution >= 4 is 5.97 Å². The minimum Gasteiger partial charge on any atom is -0.493 e. The van der Waals surface area contributed by atoms with Gasteiger partial charge in [0.05, 0.1) is 6.61 Å². The maximum absolute atomic E-state index is 11.7. The van der Waals surface area contributed by atoms with Crippen molar-refractivity contribution in [3.8, 4) is 5.75 Å². The summed E-state index contributed by atoms with van der Waals surface area (Å²) < 4.78 is 5.53. The first-order valence-corrected chi connectivity index (χ1v) is 6.27. The molecule has 2 rings (SSSR count). The van der Waals surface area contributed by atoms with Crippen LogP contribution in [0.2, 0.25) is 0 Å². The Labute approximate surface area is 107 Å². The molecule has 0 spiro atoms. The fourth-order valence-electron chi connectivity index (χ4n) is 2.25. The lowest BCUT2D eigenvalue weighted by atomic mass is 9.84. The summed E-state index contributed by atoms with van der Waals surface area (Å²) in [7, 11) is 0. The summed E-state index contributed by atoms with van der Waals surface area (Å²) in [6.45, 7) is 5.22. The third-order valence-electron chi connectivity index (χ3n) is 3.26. The molecule has 4 heteroatoms. The number of para-hydroxylation sites is 1. The van der Waals surface area contributed by atoms with Gasteiger partial charge < -0.3 is 9.84 Å². The van der Waals surface area contributed by atoms with E-state index >= 15 is 0 Å². The summed E-state index contributed by atoms with van der Waals surface area (Å²) in [6.07, 6.45) is 0.450. The van der Waals surface area contributed by atoms with Crippen molar-refractivity contribution in [3.63, 3.8) is 0 Å². The predicted octanol–water partition coefficient (Wildman–Crippen LogP) is 1.99. The van der Waals surface area contributed by atoms with Gasteiger partial charge in [0, 0.05) is 12.0 Å². The van der Waals surface area contributed by atoms with Gasteiger partial charge in [-0.1, -0.05) is 32.0 Å². The zero-order chi connectivity index (χ0) is 13.2. The molecule has 0 amide bonds. The van der Waals surface area contributed by atoms with Crippen LogP contribution in [0.25, 0.3) is 0 Å². The van der Waals surface area contributed by atoms with E-state index in [0.29, 0.717) is 31.2 Å². The highest BCUT2D eigenvalue weighted by atomic mass is 16.5. The number of aliphatic carboxylic acids is 1. The van der Waals surface area contributed by atoms with Crippen molar-refractivity contribution in [2.75, 3.05) is 13.2 Å². The van der Waals surface area contributed by atoms with E-state index < -0.39 is 11.5 Å². The number of hydrogen-bond donors (Lipinski definition) is 2. The second kappa shape index (κ2) is 4.98. The third-order valence-corrected chi connectivity index (χ3v) is 3.26. The van der Waals surface area contributed by atoms with Gasteiger partial charge in [-0.05, 0) is 18.5 Å². The Hall–Kier alpha value is -1.55. The molecule has 0 saturated carbocycles. The molecule has 0 fully saturated rings. The monoisotopic (exact) mass is 249 g/mol. The van der Waals surface area contributed by atoms with Crippen molar-refractivity contribution in [2.45, 2.75) is 25.8 Å². The first kappa shape index (κ1) is 12.9. The predicted molar refractivity (Wildman–Crippen MR) is 68.7 cm³/mol. The summed E-state index contributed by atoms with van der Waals surface area (Å²) in [4.78, 5) is 11.7. The van der Waals surface area contributed by atoms with E-state index in [-0.39, 0.29) is 0 Å². The van der Waals surface area contributed by atoms with Crippen LogP contribution in [0, 0.1) is 5.92 Å². The molecule has 4 nitrogen and oxygen atoms in total. The molecule has 0 bridgehead atoms. The molecule has 2 N–H and O–H groups in total. The number of nitrogens with one attached hydrogen (secondary N) is 1. The van der Waals surface area contributed by atoms with Crippen LogP contribution < -0.4 is 10.1 Å². The number of rotatable bonds is 4. The van der Waals surface area contributed by atoms with E-state index in [9.17, 15) is 9.90 Å². The number of benzene rings is 1. The van der Waals surface area contributed by atoms with Crippen LogP contribution in [-0.4, -0.2) is 24.2 Å². The lowest BCUT2D eigenvalue weighted by molar-refractivity contribution is -0.147. The average Bonchev–Trinajstić information content (AvgIpc) is 2.36. The van der Waals surface area contributed by atoms with Gasteiger partial charge in [-0.3, -0.25) is 5.32 Å². The highest BCUT2D eigenvalue weighted by molar-refractivity contribution is 5.82. The first-order valence-electron chi connectivity index (χ1n) is 6.27. The smallest absolute Gasteiger partial charge is 0.328 e. The average molecular weight is 249 g/mol. The van der Waals surface area contributed by atoms with Crippen molar-refractivity contribution in [1.82, 2.24) is 5.32 Å². The molecule has 0 radical (unpaired) electrons. The highest BCUT2D eigenvalue weighted by Crippen LogP contribution is 2.37. The molecule has 1 unspecified atom stereocenters. The Morgan fingerprint density at radius 2 is 2.22 bits per heavy atom. The molecule has 1 heterocycles. The molecule has 1 aromatic rings. The van der Waals surface area contributed by atoms with E-state index in [2.05, 4.69) is 19.2 Å². The maximum atomic E-state index is 11.7. The zero-order valence-electron chi connectivity index (χ0n) is 10.8. The fourth-order valence-corrected chi connectivity index (χ4v) is 2.25. The Morgan fingerprint density at radius 1 is 1.50 bits per heavy atom. The topological polar surface area (TPSA) is 58.6 Å². The van der Waals surface area contributed by atoms with E-state index in [1.165, 1.54) is 0 Å². The number of hydrogen-bond acceptors (Lipinski definition) is 3. The van der Waals surface area contributed by atoms with Crippen LogP contribution in [0.4, 0.5) is 0 Å². The number of carboxylic acid groups (broad SMARTS) is 1. The van der Waals surface area contributed by atoms with Gasteiger partial charge >= 0.3 is 5.97 Å². The number of fused-ring (bicyclic) bond motifs is 1. The Morgan fingerprint density at radius 3 is 2.89 bits per heavy atom. The van der Waals surface area contributed by atoms with Gasteiger partial charge in [0.25, 0.3) is 0 Å². The van der Waals surface area contributed by atoms with Gasteiger partial charge in [-0.25, -0.2) is 4.79 Å². The van der Waals surface area contributed by atoms with Crippen LogP contribution >= 0.6 is 0 Å². The molecule has 18 heavy (non-hydrogen) atoms. The Kier molecular flexibility index (Phi) is 3.57. The van der Waals surface area contributed by atoms with E-state index in [1.807, 2.05) is 24.3 Å². The molecular weight excluding hydrogens is 230 g/mol. The Balaban J connectivity index is 2.39. The largest absolute Gasteiger partial charge is 0.493 e. The number of ether oxygens (including phenoxy) is 1. The molecule has 1 atom stereocenters. The molecule has 0 aliphatic carbocycles. The van der Waals surface area contributed by atoms with E-state index in [1.54, 1.807) is 0 Å². The van der Waals surface area contributed by atoms with E-state index in [4.69, 9.17) is 4.74 Å². The minimum atomic E-state index is -1.01.